The topological polar surface area (TPSA) is 12.0 Å². The second kappa shape index (κ2) is 3.15. The molecular formula is C12H12F3N. The van der Waals surface area contributed by atoms with E-state index in [2.05, 4.69) is 5.32 Å². The zero-order chi connectivity index (χ0) is 11.3. The largest absolute Gasteiger partial charge is 0.416 e. The second-order valence-corrected chi connectivity index (χ2v) is 4.62. The van der Waals surface area contributed by atoms with Crippen molar-refractivity contribution in [2.45, 2.75) is 24.9 Å². The molecule has 1 aliphatic carbocycles. The Balaban J connectivity index is 1.99. The third-order valence-corrected chi connectivity index (χ3v) is 3.48. The van der Waals surface area contributed by atoms with E-state index in [-0.39, 0.29) is 5.92 Å². The van der Waals surface area contributed by atoms with Gasteiger partial charge in [0.05, 0.1) is 5.56 Å². The van der Waals surface area contributed by atoms with Crippen molar-refractivity contribution in [1.82, 2.24) is 0 Å². The van der Waals surface area contributed by atoms with Crippen LogP contribution in [0.25, 0.3) is 0 Å². The molecule has 1 unspecified atom stereocenters. The van der Waals surface area contributed by atoms with Crippen molar-refractivity contribution >= 4 is 5.69 Å². The lowest BCUT2D eigenvalue weighted by Gasteiger charge is -2.11. The first kappa shape index (κ1) is 10.00. The molecule has 1 fully saturated rings. The molecule has 1 saturated carbocycles. The first-order chi connectivity index (χ1) is 7.55. The van der Waals surface area contributed by atoms with Crippen LogP contribution in [0.1, 0.15) is 29.9 Å². The van der Waals surface area contributed by atoms with Crippen LogP contribution in [0.4, 0.5) is 18.9 Å². The highest BCUT2D eigenvalue weighted by molar-refractivity contribution is 5.59. The molecule has 1 N–H and O–H groups in total. The Hall–Kier alpha value is -1.19. The number of hydrogen-bond acceptors (Lipinski definition) is 1. The number of halogens is 3. The summed E-state index contributed by atoms with van der Waals surface area (Å²) in [5, 5.41) is 3.18. The minimum atomic E-state index is -4.23. The average Bonchev–Trinajstić information content (AvgIpc) is 2.96. The Morgan fingerprint density at radius 2 is 1.94 bits per heavy atom. The zero-order valence-corrected chi connectivity index (χ0v) is 8.64. The van der Waals surface area contributed by atoms with Gasteiger partial charge in [-0.3, -0.25) is 0 Å². The maximum atomic E-state index is 12.6. The number of anilines is 1. The number of fused-ring (bicyclic) bond motifs is 1. The highest BCUT2D eigenvalue weighted by atomic mass is 19.4. The molecule has 1 heterocycles. The fraction of sp³-hybridized carbons (Fsp3) is 0.500. The SMILES string of the molecule is FC(F)(F)c1ccc2c(c1)C(C1CC1)CN2. The standard InChI is InChI=1S/C12H12F3N/c13-12(14,15)8-3-4-11-9(5-8)10(6-16-11)7-1-2-7/h3-5,7,10,16H,1-2,6H2. The summed E-state index contributed by atoms with van der Waals surface area (Å²) in [6.07, 6.45) is -1.92. The predicted molar refractivity (Wildman–Crippen MR) is 55.4 cm³/mol. The van der Waals surface area contributed by atoms with E-state index in [4.69, 9.17) is 0 Å². The number of hydrogen-bond donors (Lipinski definition) is 1. The van der Waals surface area contributed by atoms with E-state index in [1.807, 2.05) is 0 Å². The quantitative estimate of drug-likeness (QED) is 0.772. The summed E-state index contributed by atoms with van der Waals surface area (Å²) in [5.41, 5.74) is 1.21. The zero-order valence-electron chi connectivity index (χ0n) is 8.64. The molecule has 1 nitrogen and oxygen atoms in total. The Morgan fingerprint density at radius 1 is 1.19 bits per heavy atom. The molecule has 0 spiro atoms. The van der Waals surface area contributed by atoms with Gasteiger partial charge in [-0.25, -0.2) is 0 Å². The average molecular weight is 227 g/mol. The molecule has 0 radical (unpaired) electrons. The minimum Gasteiger partial charge on any atom is -0.384 e. The van der Waals surface area contributed by atoms with Gasteiger partial charge in [-0.2, -0.15) is 13.2 Å². The van der Waals surface area contributed by atoms with Gasteiger partial charge >= 0.3 is 6.18 Å². The van der Waals surface area contributed by atoms with Crippen molar-refractivity contribution in [2.75, 3.05) is 11.9 Å². The van der Waals surface area contributed by atoms with E-state index in [9.17, 15) is 13.2 Å². The minimum absolute atomic E-state index is 0.289. The monoisotopic (exact) mass is 227 g/mol. The molecule has 0 bridgehead atoms. The van der Waals surface area contributed by atoms with E-state index in [0.29, 0.717) is 5.92 Å². The van der Waals surface area contributed by atoms with Crippen molar-refractivity contribution in [1.29, 1.82) is 0 Å². The summed E-state index contributed by atoms with van der Waals surface area (Å²) in [6.45, 7) is 0.793. The van der Waals surface area contributed by atoms with Crippen molar-refractivity contribution in [3.8, 4) is 0 Å². The summed E-state index contributed by atoms with van der Waals surface area (Å²) in [5.74, 6) is 0.884. The fourth-order valence-electron chi connectivity index (χ4n) is 2.46. The van der Waals surface area contributed by atoms with E-state index >= 15 is 0 Å². The van der Waals surface area contributed by atoms with Crippen LogP contribution in [0.2, 0.25) is 0 Å². The predicted octanol–water partition coefficient (Wildman–Crippen LogP) is 3.62. The molecule has 4 heteroatoms. The summed E-state index contributed by atoms with van der Waals surface area (Å²) in [7, 11) is 0. The maximum absolute atomic E-state index is 12.6. The van der Waals surface area contributed by atoms with Gasteiger partial charge in [0.1, 0.15) is 0 Å². The molecule has 1 aromatic rings. The highest BCUT2D eigenvalue weighted by Gasteiger charge is 2.38. The van der Waals surface area contributed by atoms with E-state index in [0.717, 1.165) is 36.7 Å². The molecule has 3 rings (SSSR count). The van der Waals surface area contributed by atoms with Gasteiger partial charge in [0, 0.05) is 18.2 Å². The molecule has 0 saturated heterocycles. The van der Waals surface area contributed by atoms with Gasteiger partial charge in [0.25, 0.3) is 0 Å². The van der Waals surface area contributed by atoms with Gasteiger partial charge in [-0.1, -0.05) is 0 Å². The van der Waals surface area contributed by atoms with Crippen LogP contribution in [0.3, 0.4) is 0 Å². The second-order valence-electron chi connectivity index (χ2n) is 4.62. The normalized spacial score (nSPS) is 24.1. The lowest BCUT2D eigenvalue weighted by molar-refractivity contribution is -0.137. The van der Waals surface area contributed by atoms with Gasteiger partial charge in [-0.15, -0.1) is 0 Å². The molecule has 2 aliphatic rings. The van der Waals surface area contributed by atoms with Crippen LogP contribution in [0.5, 0.6) is 0 Å². The van der Waals surface area contributed by atoms with Gasteiger partial charge < -0.3 is 5.32 Å². The number of alkyl halides is 3. The van der Waals surface area contributed by atoms with Crippen LogP contribution >= 0.6 is 0 Å². The maximum Gasteiger partial charge on any atom is 0.416 e. The Morgan fingerprint density at radius 3 is 2.56 bits per heavy atom. The van der Waals surface area contributed by atoms with Crippen LogP contribution in [0.15, 0.2) is 18.2 Å². The Kier molecular flexibility index (Phi) is 1.97. The molecule has 86 valence electrons. The van der Waals surface area contributed by atoms with Crippen LogP contribution in [-0.4, -0.2) is 6.54 Å². The van der Waals surface area contributed by atoms with Crippen LogP contribution in [-0.2, 0) is 6.18 Å². The highest BCUT2D eigenvalue weighted by Crippen LogP contribution is 2.48. The van der Waals surface area contributed by atoms with Crippen LogP contribution in [0, 0.1) is 5.92 Å². The smallest absolute Gasteiger partial charge is 0.384 e. The lowest BCUT2D eigenvalue weighted by atomic mass is 9.95. The molecule has 1 aliphatic heterocycles. The molecular weight excluding hydrogens is 215 g/mol. The number of benzene rings is 1. The summed E-state index contributed by atoms with van der Waals surface area (Å²) in [6, 6.07) is 4.03. The molecule has 1 aromatic carbocycles. The van der Waals surface area contributed by atoms with Gasteiger partial charge in [0.15, 0.2) is 0 Å². The molecule has 1 atom stereocenters. The Bertz CT molecular complexity index is 421. The van der Waals surface area contributed by atoms with Crippen molar-refractivity contribution in [3.63, 3.8) is 0 Å². The van der Waals surface area contributed by atoms with E-state index in [1.165, 1.54) is 6.07 Å². The summed E-state index contributed by atoms with van der Waals surface area (Å²) < 4.78 is 37.7. The molecule has 0 aromatic heterocycles. The summed E-state index contributed by atoms with van der Waals surface area (Å²) in [4.78, 5) is 0. The van der Waals surface area contributed by atoms with Crippen molar-refractivity contribution in [3.05, 3.63) is 29.3 Å². The Labute approximate surface area is 91.7 Å². The third kappa shape index (κ3) is 1.56. The summed E-state index contributed by atoms with van der Waals surface area (Å²) >= 11 is 0. The molecule has 0 amide bonds. The first-order valence-electron chi connectivity index (χ1n) is 5.51. The van der Waals surface area contributed by atoms with Gasteiger partial charge in [0.2, 0.25) is 0 Å². The lowest BCUT2D eigenvalue weighted by Crippen LogP contribution is -2.06. The van der Waals surface area contributed by atoms with Gasteiger partial charge in [-0.05, 0) is 42.5 Å². The number of nitrogens with one attached hydrogen (secondary N) is 1. The van der Waals surface area contributed by atoms with Crippen molar-refractivity contribution < 1.29 is 13.2 Å². The molecule has 16 heavy (non-hydrogen) atoms. The van der Waals surface area contributed by atoms with Crippen molar-refractivity contribution in [2.24, 2.45) is 5.92 Å². The first-order valence-corrected chi connectivity index (χ1v) is 5.51. The fourth-order valence-corrected chi connectivity index (χ4v) is 2.46. The third-order valence-electron chi connectivity index (χ3n) is 3.48. The van der Waals surface area contributed by atoms with Crippen LogP contribution < -0.4 is 5.32 Å². The van der Waals surface area contributed by atoms with E-state index in [1.54, 1.807) is 6.07 Å². The van der Waals surface area contributed by atoms with E-state index < -0.39 is 11.7 Å². The number of rotatable bonds is 1.